The van der Waals surface area contributed by atoms with Gasteiger partial charge in [-0.25, -0.2) is 0 Å². The zero-order valence-electron chi connectivity index (χ0n) is 16.2. The first kappa shape index (κ1) is 19.6. The third-order valence-corrected chi connectivity index (χ3v) is 16.0. The molecule has 3 nitrogen and oxygen atoms in total. The third-order valence-electron chi connectivity index (χ3n) is 6.70. The van der Waals surface area contributed by atoms with Gasteiger partial charge in [-0.1, -0.05) is 41.5 Å². The summed E-state index contributed by atoms with van der Waals surface area (Å²) in [6.07, 6.45) is 3.59. The lowest BCUT2D eigenvalue weighted by molar-refractivity contribution is 0.0180. The van der Waals surface area contributed by atoms with Crippen LogP contribution in [0, 0.1) is 0 Å². The van der Waals surface area contributed by atoms with Crippen LogP contribution in [-0.4, -0.2) is 41.1 Å². The molecule has 0 aromatic carbocycles. The van der Waals surface area contributed by atoms with Gasteiger partial charge in [-0.3, -0.25) is 0 Å². The molecule has 2 fully saturated rings. The van der Waals surface area contributed by atoms with Crippen LogP contribution in [0.5, 0.6) is 0 Å². The fourth-order valence-electron chi connectivity index (χ4n) is 4.25. The van der Waals surface area contributed by atoms with Crippen LogP contribution >= 0.6 is 0 Å². The van der Waals surface area contributed by atoms with E-state index in [9.17, 15) is 0 Å². The average Bonchev–Trinajstić information content (AvgIpc) is 3.35. The molecule has 23 heavy (non-hydrogen) atoms. The number of hydrogen-bond acceptors (Lipinski definition) is 3. The van der Waals surface area contributed by atoms with Crippen LogP contribution < -0.4 is 0 Å². The number of epoxide rings is 1. The topological polar surface area (TPSA) is 31.0 Å². The van der Waals surface area contributed by atoms with E-state index in [1.165, 1.54) is 36.3 Å². The Morgan fingerprint density at radius 3 is 1.22 bits per heavy atom. The largest absolute Gasteiger partial charge is 0.411 e. The van der Waals surface area contributed by atoms with Crippen molar-refractivity contribution >= 4 is 16.6 Å². The number of rotatable bonds is 10. The van der Waals surface area contributed by atoms with Crippen molar-refractivity contribution in [1.82, 2.24) is 0 Å². The van der Waals surface area contributed by atoms with Crippen molar-refractivity contribution < 1.29 is 13.6 Å². The molecule has 2 aliphatic rings. The zero-order chi connectivity index (χ0) is 17.1. The van der Waals surface area contributed by atoms with Gasteiger partial charge in [-0.2, -0.15) is 0 Å². The zero-order valence-corrected chi connectivity index (χ0v) is 18.2. The Bertz CT molecular complexity index is 319. The highest BCUT2D eigenvalue weighted by molar-refractivity contribution is 6.74. The summed E-state index contributed by atoms with van der Waals surface area (Å²) in [5.74, 6) is 0. The molecular weight excluding hydrogens is 320 g/mol. The van der Waals surface area contributed by atoms with E-state index in [0.717, 1.165) is 12.8 Å². The van der Waals surface area contributed by atoms with Gasteiger partial charge in [-0.15, -0.1) is 0 Å². The van der Waals surface area contributed by atoms with E-state index in [0.29, 0.717) is 12.2 Å². The van der Waals surface area contributed by atoms with E-state index in [2.05, 4.69) is 41.5 Å². The van der Waals surface area contributed by atoms with Crippen molar-refractivity contribution in [2.24, 2.45) is 0 Å². The maximum absolute atomic E-state index is 6.87. The average molecular weight is 359 g/mol. The molecule has 5 heteroatoms. The second-order valence-corrected chi connectivity index (χ2v) is 16.9. The SMILES string of the molecule is CC[Si](CC)(CC)O[C@H]1C[C@H]2O[C@H]2C[C@H]1O[Si](CC)(CC)CC. The number of fused-ring (bicyclic) bond motifs is 1. The first-order valence-electron chi connectivity index (χ1n) is 10.0. The maximum atomic E-state index is 6.87. The van der Waals surface area contributed by atoms with Crippen LogP contribution in [0.2, 0.25) is 36.3 Å². The van der Waals surface area contributed by atoms with E-state index in [1.54, 1.807) is 0 Å². The van der Waals surface area contributed by atoms with Crippen LogP contribution in [0.3, 0.4) is 0 Å². The smallest absolute Gasteiger partial charge is 0.192 e. The molecule has 1 aliphatic heterocycles. The quantitative estimate of drug-likeness (QED) is 0.391. The summed E-state index contributed by atoms with van der Waals surface area (Å²) in [6, 6.07) is 7.31. The third kappa shape index (κ3) is 4.29. The summed E-state index contributed by atoms with van der Waals surface area (Å²) in [6.45, 7) is 13.9. The standard InChI is InChI=1S/C18H38O3Si2/c1-7-22(8-2,9-3)20-17-13-15-16(19-15)14-18(17)21-23(10-4,11-5)12-6/h15-18H,7-14H2,1-6H3/t15-,16+,17+,18-. The molecule has 2 rings (SSSR count). The van der Waals surface area contributed by atoms with Crippen molar-refractivity contribution in [2.75, 3.05) is 0 Å². The molecule has 0 bridgehead atoms. The molecule has 0 aromatic rings. The van der Waals surface area contributed by atoms with Gasteiger partial charge in [0, 0.05) is 12.8 Å². The van der Waals surface area contributed by atoms with Crippen molar-refractivity contribution in [3.05, 3.63) is 0 Å². The molecule has 0 aromatic heterocycles. The number of hydrogen-bond donors (Lipinski definition) is 0. The van der Waals surface area contributed by atoms with Gasteiger partial charge in [0.2, 0.25) is 0 Å². The minimum atomic E-state index is -1.58. The predicted octanol–water partition coefficient (Wildman–Crippen LogP) is 5.33. The Labute approximate surface area is 145 Å². The van der Waals surface area contributed by atoms with Crippen LogP contribution in [-0.2, 0) is 13.6 Å². The second-order valence-electron chi connectivity index (χ2n) is 7.48. The molecule has 1 heterocycles. The Morgan fingerprint density at radius 1 is 0.652 bits per heavy atom. The molecule has 136 valence electrons. The van der Waals surface area contributed by atoms with E-state index < -0.39 is 16.6 Å². The predicted molar refractivity (Wildman–Crippen MR) is 102 cm³/mol. The fourth-order valence-corrected chi connectivity index (χ4v) is 10.0. The molecule has 0 unspecified atom stereocenters. The molecule has 0 radical (unpaired) electrons. The second kappa shape index (κ2) is 8.13. The van der Waals surface area contributed by atoms with Crippen molar-refractivity contribution in [1.29, 1.82) is 0 Å². The number of ether oxygens (including phenoxy) is 1. The highest BCUT2D eigenvalue weighted by atomic mass is 28.4. The summed E-state index contributed by atoms with van der Waals surface area (Å²) in [5, 5.41) is 0. The van der Waals surface area contributed by atoms with Gasteiger partial charge < -0.3 is 13.6 Å². The molecule has 1 saturated carbocycles. The Morgan fingerprint density at radius 2 is 0.957 bits per heavy atom. The molecule has 1 saturated heterocycles. The highest BCUT2D eigenvalue weighted by Gasteiger charge is 2.52. The molecule has 0 spiro atoms. The lowest BCUT2D eigenvalue weighted by Crippen LogP contribution is -2.51. The maximum Gasteiger partial charge on any atom is 0.192 e. The van der Waals surface area contributed by atoms with Crippen molar-refractivity contribution in [2.45, 2.75) is 115 Å². The molecular formula is C18H38O3Si2. The summed E-state index contributed by atoms with van der Waals surface area (Å²) in [7, 11) is -3.17. The van der Waals surface area contributed by atoms with E-state index in [-0.39, 0.29) is 12.2 Å². The highest BCUT2D eigenvalue weighted by Crippen LogP contribution is 2.42. The lowest BCUT2D eigenvalue weighted by Gasteiger charge is -2.42. The summed E-state index contributed by atoms with van der Waals surface area (Å²) >= 11 is 0. The van der Waals surface area contributed by atoms with Gasteiger partial charge in [-0.05, 0) is 36.3 Å². The first-order valence-corrected chi connectivity index (χ1v) is 15.1. The van der Waals surface area contributed by atoms with Crippen molar-refractivity contribution in [3.63, 3.8) is 0 Å². The van der Waals surface area contributed by atoms with Gasteiger partial charge in [0.15, 0.2) is 16.6 Å². The van der Waals surface area contributed by atoms with E-state index >= 15 is 0 Å². The monoisotopic (exact) mass is 358 g/mol. The van der Waals surface area contributed by atoms with E-state index in [4.69, 9.17) is 13.6 Å². The van der Waals surface area contributed by atoms with Gasteiger partial charge >= 0.3 is 0 Å². The van der Waals surface area contributed by atoms with Gasteiger partial charge in [0.25, 0.3) is 0 Å². The van der Waals surface area contributed by atoms with Gasteiger partial charge in [0.1, 0.15) is 0 Å². The summed E-state index contributed by atoms with van der Waals surface area (Å²) < 4.78 is 19.6. The van der Waals surface area contributed by atoms with Gasteiger partial charge in [0.05, 0.1) is 24.4 Å². The minimum Gasteiger partial charge on any atom is -0.411 e. The fraction of sp³-hybridized carbons (Fsp3) is 1.00. The van der Waals surface area contributed by atoms with Crippen LogP contribution in [0.1, 0.15) is 54.4 Å². The van der Waals surface area contributed by atoms with Crippen LogP contribution in [0.4, 0.5) is 0 Å². The molecule has 0 N–H and O–H groups in total. The Hall–Kier alpha value is 0.314. The minimum absolute atomic E-state index is 0.279. The lowest BCUT2D eigenvalue weighted by atomic mass is 9.95. The summed E-state index contributed by atoms with van der Waals surface area (Å²) in [5.41, 5.74) is 0. The Balaban J connectivity index is 2.11. The Kier molecular flexibility index (Phi) is 6.94. The molecule has 0 amide bonds. The van der Waals surface area contributed by atoms with Crippen molar-refractivity contribution in [3.8, 4) is 0 Å². The van der Waals surface area contributed by atoms with Crippen LogP contribution in [0.25, 0.3) is 0 Å². The van der Waals surface area contributed by atoms with E-state index in [1.807, 2.05) is 0 Å². The summed E-state index contributed by atoms with van der Waals surface area (Å²) in [4.78, 5) is 0. The normalized spacial score (nSPS) is 31.0. The van der Waals surface area contributed by atoms with Crippen LogP contribution in [0.15, 0.2) is 0 Å². The first-order chi connectivity index (χ1) is 11.0. The molecule has 4 atom stereocenters. The molecule has 1 aliphatic carbocycles.